The minimum absolute atomic E-state index is 0.0261. The number of hydrogen-bond acceptors (Lipinski definition) is 3. The fraction of sp³-hybridized carbons (Fsp3) is 0.476. The Kier molecular flexibility index (Phi) is 6.77. The summed E-state index contributed by atoms with van der Waals surface area (Å²) in [6.07, 6.45) is 3.05. The molecule has 156 valence electrons. The highest BCUT2D eigenvalue weighted by Gasteiger charge is 2.35. The van der Waals surface area contributed by atoms with Crippen LogP contribution in [-0.2, 0) is 19.1 Å². The lowest BCUT2D eigenvalue weighted by molar-refractivity contribution is -0.137. The molecule has 1 aromatic carbocycles. The van der Waals surface area contributed by atoms with Crippen molar-refractivity contribution in [1.82, 2.24) is 19.5 Å². The van der Waals surface area contributed by atoms with Crippen LogP contribution in [-0.4, -0.2) is 19.5 Å². The molecule has 0 spiro atoms. The van der Waals surface area contributed by atoms with E-state index in [1.165, 1.54) is 37.7 Å². The molecular formula is C21H24ClF3N4. The minimum atomic E-state index is -4.55. The van der Waals surface area contributed by atoms with Crippen LogP contribution in [0.1, 0.15) is 57.3 Å². The van der Waals surface area contributed by atoms with Crippen molar-refractivity contribution in [2.45, 2.75) is 65.1 Å². The van der Waals surface area contributed by atoms with Gasteiger partial charge >= 0.3 is 6.18 Å². The van der Waals surface area contributed by atoms with Crippen LogP contribution in [0.25, 0.3) is 22.4 Å². The second-order valence-electron chi connectivity index (χ2n) is 7.03. The molecule has 0 atom stereocenters. The summed E-state index contributed by atoms with van der Waals surface area (Å²) in [6, 6.07) is 3.71. The number of aromatic nitrogens is 4. The van der Waals surface area contributed by atoms with Crippen molar-refractivity contribution in [3.05, 3.63) is 40.9 Å². The molecule has 0 unspecified atom stereocenters. The highest BCUT2D eigenvalue weighted by molar-refractivity contribution is 6.30. The van der Waals surface area contributed by atoms with Crippen LogP contribution in [0, 0.1) is 0 Å². The molecule has 0 amide bonds. The van der Waals surface area contributed by atoms with Gasteiger partial charge in [0, 0.05) is 23.6 Å². The fourth-order valence-electron chi connectivity index (χ4n) is 3.51. The Labute approximate surface area is 173 Å². The molecule has 0 saturated carbocycles. The van der Waals surface area contributed by atoms with Crippen LogP contribution in [0.3, 0.4) is 0 Å². The molecule has 3 rings (SSSR count). The smallest absolute Gasteiger partial charge is 0.313 e. The van der Waals surface area contributed by atoms with Crippen LogP contribution >= 0.6 is 11.6 Å². The fourth-order valence-corrected chi connectivity index (χ4v) is 3.69. The Balaban J connectivity index is 2.06. The first-order valence-electron chi connectivity index (χ1n) is 9.94. The third kappa shape index (κ3) is 4.71. The number of nitrogens with zero attached hydrogens (tertiary/aromatic N) is 4. The van der Waals surface area contributed by atoms with E-state index in [2.05, 4.69) is 21.9 Å². The Morgan fingerprint density at radius 2 is 1.79 bits per heavy atom. The Hall–Kier alpha value is -2.15. The van der Waals surface area contributed by atoms with E-state index in [9.17, 15) is 13.2 Å². The van der Waals surface area contributed by atoms with Crippen molar-refractivity contribution in [3.63, 3.8) is 0 Å². The quantitative estimate of drug-likeness (QED) is 0.378. The van der Waals surface area contributed by atoms with Crippen molar-refractivity contribution < 1.29 is 13.2 Å². The van der Waals surface area contributed by atoms with Gasteiger partial charge in [0.05, 0.1) is 5.56 Å². The molecule has 0 aliphatic heterocycles. The molecule has 4 nitrogen and oxygen atoms in total. The van der Waals surface area contributed by atoms with Crippen LogP contribution in [0.15, 0.2) is 24.5 Å². The number of halogens is 4. The summed E-state index contributed by atoms with van der Waals surface area (Å²) in [5, 5.41) is 0.0261. The van der Waals surface area contributed by atoms with Crippen molar-refractivity contribution in [1.29, 1.82) is 0 Å². The Morgan fingerprint density at radius 1 is 1.03 bits per heavy atom. The number of alkyl halides is 3. The van der Waals surface area contributed by atoms with Gasteiger partial charge < -0.3 is 4.57 Å². The van der Waals surface area contributed by atoms with E-state index in [-0.39, 0.29) is 16.3 Å². The number of unbranched alkanes of at least 4 members (excludes halogenated alkanes) is 4. The highest BCUT2D eigenvalue weighted by Crippen LogP contribution is 2.39. The number of fused-ring (bicyclic) bond motifs is 1. The van der Waals surface area contributed by atoms with Gasteiger partial charge in [0.25, 0.3) is 0 Å². The Morgan fingerprint density at radius 3 is 2.48 bits per heavy atom. The standard InChI is InChI=1S/C21H24ClF3N4/c1-3-5-6-7-8-11-29-17(4-2)28-19-18(26-13-27-20(19)29)15-10-9-14(22)12-16(15)21(23,24)25/h9-10,12-13H,3-8,11H2,1-2H3. The molecule has 0 bridgehead atoms. The molecule has 0 fully saturated rings. The maximum absolute atomic E-state index is 13.6. The monoisotopic (exact) mass is 424 g/mol. The third-order valence-electron chi connectivity index (χ3n) is 4.95. The van der Waals surface area contributed by atoms with Gasteiger partial charge in [-0.05, 0) is 18.6 Å². The molecular weight excluding hydrogens is 401 g/mol. The first kappa shape index (κ1) is 21.6. The van der Waals surface area contributed by atoms with Gasteiger partial charge in [0.15, 0.2) is 5.65 Å². The zero-order valence-corrected chi connectivity index (χ0v) is 17.3. The summed E-state index contributed by atoms with van der Waals surface area (Å²) in [5.74, 6) is 0.805. The van der Waals surface area contributed by atoms with Gasteiger partial charge in [0.1, 0.15) is 23.4 Å². The van der Waals surface area contributed by atoms with Gasteiger partial charge in [0.2, 0.25) is 0 Å². The summed E-state index contributed by atoms with van der Waals surface area (Å²) in [4.78, 5) is 13.1. The Bertz CT molecular complexity index is 982. The molecule has 8 heteroatoms. The van der Waals surface area contributed by atoms with E-state index in [4.69, 9.17) is 11.6 Å². The van der Waals surface area contributed by atoms with Gasteiger partial charge in [-0.1, -0.05) is 57.2 Å². The molecule has 2 aromatic heterocycles. The topological polar surface area (TPSA) is 43.6 Å². The second-order valence-corrected chi connectivity index (χ2v) is 7.47. The van der Waals surface area contributed by atoms with E-state index in [1.807, 2.05) is 11.5 Å². The zero-order chi connectivity index (χ0) is 21.0. The summed E-state index contributed by atoms with van der Waals surface area (Å²) < 4.78 is 42.8. The summed E-state index contributed by atoms with van der Waals surface area (Å²) in [6.45, 7) is 4.89. The number of benzene rings is 1. The molecule has 0 saturated heterocycles. The van der Waals surface area contributed by atoms with Gasteiger partial charge in [-0.2, -0.15) is 13.2 Å². The van der Waals surface area contributed by atoms with E-state index in [0.717, 1.165) is 31.3 Å². The predicted octanol–water partition coefficient (Wildman–Crippen LogP) is 6.70. The van der Waals surface area contributed by atoms with Gasteiger partial charge in [-0.3, -0.25) is 0 Å². The lowest BCUT2D eigenvalue weighted by atomic mass is 10.0. The minimum Gasteiger partial charge on any atom is -0.313 e. The van der Waals surface area contributed by atoms with Crippen LogP contribution in [0.4, 0.5) is 13.2 Å². The summed E-state index contributed by atoms with van der Waals surface area (Å²) >= 11 is 5.82. The SMILES string of the molecule is CCCCCCCn1c(CC)nc2c(-c3ccc(Cl)cc3C(F)(F)F)ncnc21. The van der Waals surface area contributed by atoms with E-state index in [0.29, 0.717) is 17.6 Å². The van der Waals surface area contributed by atoms with Crippen LogP contribution in [0.2, 0.25) is 5.02 Å². The molecule has 3 aromatic rings. The maximum atomic E-state index is 13.6. The third-order valence-corrected chi connectivity index (χ3v) is 5.19. The number of imidazole rings is 1. The van der Waals surface area contributed by atoms with Crippen molar-refractivity contribution in [3.8, 4) is 11.3 Å². The maximum Gasteiger partial charge on any atom is 0.417 e. The van der Waals surface area contributed by atoms with Gasteiger partial charge in [-0.15, -0.1) is 0 Å². The number of hydrogen-bond donors (Lipinski definition) is 0. The second kappa shape index (κ2) is 9.11. The lowest BCUT2D eigenvalue weighted by Crippen LogP contribution is -2.08. The zero-order valence-electron chi connectivity index (χ0n) is 16.6. The lowest BCUT2D eigenvalue weighted by Gasteiger charge is -2.13. The van der Waals surface area contributed by atoms with Crippen molar-refractivity contribution >= 4 is 22.8 Å². The molecule has 0 N–H and O–H groups in total. The molecule has 0 radical (unpaired) electrons. The van der Waals surface area contributed by atoms with Gasteiger partial charge in [-0.25, -0.2) is 15.0 Å². The van der Waals surface area contributed by atoms with Crippen LogP contribution < -0.4 is 0 Å². The van der Waals surface area contributed by atoms with Crippen LogP contribution in [0.5, 0.6) is 0 Å². The predicted molar refractivity (Wildman–Crippen MR) is 109 cm³/mol. The molecule has 0 aliphatic carbocycles. The first-order chi connectivity index (χ1) is 13.9. The molecule has 0 aliphatic rings. The van der Waals surface area contributed by atoms with E-state index in [1.54, 1.807) is 0 Å². The van der Waals surface area contributed by atoms with E-state index >= 15 is 0 Å². The molecule has 29 heavy (non-hydrogen) atoms. The average molecular weight is 425 g/mol. The largest absolute Gasteiger partial charge is 0.417 e. The summed E-state index contributed by atoms with van der Waals surface area (Å²) in [7, 11) is 0. The highest BCUT2D eigenvalue weighted by atomic mass is 35.5. The number of aryl methyl sites for hydroxylation is 2. The molecule has 2 heterocycles. The van der Waals surface area contributed by atoms with Crippen molar-refractivity contribution in [2.75, 3.05) is 0 Å². The average Bonchev–Trinajstić information content (AvgIpc) is 3.05. The first-order valence-corrected chi connectivity index (χ1v) is 10.3. The summed E-state index contributed by atoms with van der Waals surface area (Å²) in [5.41, 5.74) is 0.288. The normalized spacial score (nSPS) is 12.1. The number of rotatable bonds is 8. The van der Waals surface area contributed by atoms with E-state index < -0.39 is 11.7 Å². The van der Waals surface area contributed by atoms with Crippen molar-refractivity contribution in [2.24, 2.45) is 0 Å².